The number of amides is 2. The molecule has 1 aliphatic heterocycles. The van der Waals surface area contributed by atoms with Gasteiger partial charge in [0.15, 0.2) is 6.10 Å². The molecule has 0 bridgehead atoms. The van der Waals surface area contributed by atoms with E-state index in [0.29, 0.717) is 22.7 Å². The number of carbonyl (C=O) groups is 2. The van der Waals surface area contributed by atoms with Crippen molar-refractivity contribution in [1.82, 2.24) is 0 Å². The maximum Gasteiger partial charge on any atom is 0.272 e. The van der Waals surface area contributed by atoms with E-state index in [0.717, 1.165) is 0 Å². The predicted octanol–water partition coefficient (Wildman–Crippen LogP) is 3.43. The molecule has 0 radical (unpaired) electrons. The number of hydrogen-bond acceptors (Lipinski definition) is 5. The van der Waals surface area contributed by atoms with Crippen LogP contribution in [0.1, 0.15) is 26.3 Å². The fraction of sp³-hybridized carbons (Fsp3) is 0.300. The minimum atomic E-state index is -1.10. The lowest BCUT2D eigenvalue weighted by molar-refractivity contribution is -0.385. The van der Waals surface area contributed by atoms with Gasteiger partial charge < -0.3 is 10.1 Å². The Kier molecular flexibility index (Phi) is 4.80. The van der Waals surface area contributed by atoms with Crippen molar-refractivity contribution in [2.75, 3.05) is 10.2 Å². The molecule has 1 atom stereocenters. The molecule has 8 heteroatoms. The third kappa shape index (κ3) is 3.28. The fourth-order valence-corrected chi connectivity index (χ4v) is 3.19. The molecule has 0 saturated heterocycles. The molecule has 0 spiro atoms. The maximum absolute atomic E-state index is 13.2. The summed E-state index contributed by atoms with van der Waals surface area (Å²) in [5, 5.41) is 13.8. The molecule has 2 aromatic rings. The van der Waals surface area contributed by atoms with E-state index in [9.17, 15) is 19.7 Å². The van der Waals surface area contributed by atoms with Gasteiger partial charge in [-0.1, -0.05) is 12.1 Å². The molecule has 1 aliphatic rings. The molecule has 1 unspecified atom stereocenters. The lowest BCUT2D eigenvalue weighted by atomic mass is 9.95. The van der Waals surface area contributed by atoms with Gasteiger partial charge in [-0.25, -0.2) is 0 Å². The number of carbonyl (C=O) groups excluding carboxylic acids is 2. The molecule has 1 N–H and O–H groups in total. The van der Waals surface area contributed by atoms with Crippen LogP contribution in [0.2, 0.25) is 0 Å². The Morgan fingerprint density at radius 1 is 1.25 bits per heavy atom. The topological polar surface area (TPSA) is 102 Å². The molecular formula is C20H21N3O5. The number of nitro groups is 1. The van der Waals surface area contributed by atoms with Crippen molar-refractivity contribution in [3.05, 3.63) is 58.1 Å². The number of ether oxygens (including phenoxy) is 1. The summed E-state index contributed by atoms with van der Waals surface area (Å²) in [6.45, 7) is 6.52. The second kappa shape index (κ2) is 6.95. The number of fused-ring (bicyclic) bond motifs is 1. The summed E-state index contributed by atoms with van der Waals surface area (Å²) < 4.78 is 5.74. The summed E-state index contributed by atoms with van der Waals surface area (Å²) in [5.41, 5.74) is 0.458. The zero-order valence-corrected chi connectivity index (χ0v) is 16.1. The van der Waals surface area contributed by atoms with E-state index in [1.807, 2.05) is 0 Å². The molecule has 3 rings (SSSR count). The number of aryl methyl sites for hydroxylation is 1. The van der Waals surface area contributed by atoms with Gasteiger partial charge in [-0.2, -0.15) is 0 Å². The quantitative estimate of drug-likeness (QED) is 0.644. The van der Waals surface area contributed by atoms with Crippen LogP contribution in [0.4, 0.5) is 17.1 Å². The Hall–Kier alpha value is -3.42. The lowest BCUT2D eigenvalue weighted by Crippen LogP contribution is -2.60. The van der Waals surface area contributed by atoms with E-state index in [1.54, 1.807) is 52.0 Å². The molecule has 0 fully saturated rings. The number of benzene rings is 2. The molecular weight excluding hydrogens is 362 g/mol. The lowest BCUT2D eigenvalue weighted by Gasteiger charge is -2.42. The second-order valence-corrected chi connectivity index (χ2v) is 7.17. The van der Waals surface area contributed by atoms with Crippen LogP contribution in [0.5, 0.6) is 5.75 Å². The molecule has 2 amide bonds. The number of anilines is 2. The van der Waals surface area contributed by atoms with Gasteiger partial charge in [0.1, 0.15) is 11.3 Å². The highest BCUT2D eigenvalue weighted by Gasteiger charge is 2.45. The van der Waals surface area contributed by atoms with Crippen LogP contribution < -0.4 is 15.0 Å². The predicted molar refractivity (Wildman–Crippen MR) is 105 cm³/mol. The van der Waals surface area contributed by atoms with Crippen LogP contribution in [0.3, 0.4) is 0 Å². The Morgan fingerprint density at radius 2 is 1.93 bits per heavy atom. The average molecular weight is 383 g/mol. The molecule has 0 aromatic heterocycles. The van der Waals surface area contributed by atoms with Gasteiger partial charge in [0, 0.05) is 11.6 Å². The summed E-state index contributed by atoms with van der Waals surface area (Å²) >= 11 is 0. The highest BCUT2D eigenvalue weighted by molar-refractivity contribution is 6.14. The van der Waals surface area contributed by atoms with E-state index in [1.165, 1.54) is 23.1 Å². The first kappa shape index (κ1) is 19.3. The molecule has 1 heterocycles. The number of nitro benzene ring substituents is 1. The number of hydrogen-bond donors (Lipinski definition) is 1. The zero-order chi connectivity index (χ0) is 20.6. The highest BCUT2D eigenvalue weighted by atomic mass is 16.6. The Morgan fingerprint density at radius 3 is 2.57 bits per heavy atom. The van der Waals surface area contributed by atoms with E-state index < -0.39 is 16.6 Å². The average Bonchev–Trinajstić information content (AvgIpc) is 2.62. The third-order valence-electron chi connectivity index (χ3n) is 4.75. The van der Waals surface area contributed by atoms with Gasteiger partial charge in [-0.15, -0.1) is 0 Å². The van der Waals surface area contributed by atoms with Crippen LogP contribution in [-0.2, 0) is 9.59 Å². The summed E-state index contributed by atoms with van der Waals surface area (Å²) in [5.74, 6) is -0.335. The SMILES string of the molecule is Cc1cc(OC(C)C(=O)N2c3ccccc3NC(=O)C2(C)C)ccc1[N+](=O)[O-]. The summed E-state index contributed by atoms with van der Waals surface area (Å²) in [6.07, 6.45) is -0.904. The number of para-hydroxylation sites is 2. The zero-order valence-electron chi connectivity index (χ0n) is 16.1. The van der Waals surface area contributed by atoms with Crippen molar-refractivity contribution < 1.29 is 19.2 Å². The van der Waals surface area contributed by atoms with Gasteiger partial charge in [0.2, 0.25) is 5.91 Å². The summed E-state index contributed by atoms with van der Waals surface area (Å²) in [7, 11) is 0. The monoisotopic (exact) mass is 383 g/mol. The molecule has 0 saturated carbocycles. The first-order valence-corrected chi connectivity index (χ1v) is 8.79. The Labute approximate surface area is 162 Å². The van der Waals surface area contributed by atoms with Crippen LogP contribution in [0.15, 0.2) is 42.5 Å². The summed E-state index contributed by atoms with van der Waals surface area (Å²) in [6, 6.07) is 11.4. The molecule has 8 nitrogen and oxygen atoms in total. The molecule has 2 aromatic carbocycles. The van der Waals surface area contributed by atoms with Crippen molar-refractivity contribution in [2.45, 2.75) is 39.3 Å². The van der Waals surface area contributed by atoms with Gasteiger partial charge in [0.25, 0.3) is 11.6 Å². The van der Waals surface area contributed by atoms with Crippen molar-refractivity contribution in [2.24, 2.45) is 0 Å². The van der Waals surface area contributed by atoms with Crippen LogP contribution in [0.25, 0.3) is 0 Å². The largest absolute Gasteiger partial charge is 0.481 e. The van der Waals surface area contributed by atoms with E-state index >= 15 is 0 Å². The Bertz CT molecular complexity index is 970. The van der Waals surface area contributed by atoms with E-state index in [2.05, 4.69) is 5.32 Å². The fourth-order valence-electron chi connectivity index (χ4n) is 3.19. The Balaban J connectivity index is 1.89. The molecule has 28 heavy (non-hydrogen) atoms. The highest BCUT2D eigenvalue weighted by Crippen LogP contribution is 2.37. The standard InChI is InChI=1S/C20H21N3O5/c1-12-11-14(9-10-16(12)23(26)27)28-13(2)18(24)22-17-8-6-5-7-15(17)21-19(25)20(22,3)4/h5-11,13H,1-4H3,(H,21,25). The van der Waals surface area contributed by atoms with Crippen molar-refractivity contribution in [3.63, 3.8) is 0 Å². The van der Waals surface area contributed by atoms with Gasteiger partial charge in [-0.05, 0) is 52.0 Å². The van der Waals surface area contributed by atoms with Crippen LogP contribution in [-0.4, -0.2) is 28.4 Å². The van der Waals surface area contributed by atoms with Gasteiger partial charge >= 0.3 is 0 Å². The van der Waals surface area contributed by atoms with Crippen molar-refractivity contribution >= 4 is 28.9 Å². The van der Waals surface area contributed by atoms with E-state index in [4.69, 9.17) is 4.74 Å². The van der Waals surface area contributed by atoms with Crippen LogP contribution >= 0.6 is 0 Å². The maximum atomic E-state index is 13.2. The smallest absolute Gasteiger partial charge is 0.272 e. The third-order valence-corrected chi connectivity index (χ3v) is 4.75. The van der Waals surface area contributed by atoms with E-state index in [-0.39, 0.29) is 17.5 Å². The normalized spacial score (nSPS) is 16.0. The molecule has 146 valence electrons. The number of nitrogens with one attached hydrogen (secondary N) is 1. The first-order valence-electron chi connectivity index (χ1n) is 8.79. The summed E-state index contributed by atoms with van der Waals surface area (Å²) in [4.78, 5) is 37.6. The van der Waals surface area contributed by atoms with Gasteiger partial charge in [0.05, 0.1) is 16.3 Å². The first-order chi connectivity index (χ1) is 13.1. The van der Waals surface area contributed by atoms with Crippen LogP contribution in [0, 0.1) is 17.0 Å². The number of rotatable bonds is 4. The minimum Gasteiger partial charge on any atom is -0.481 e. The van der Waals surface area contributed by atoms with Gasteiger partial charge in [-0.3, -0.25) is 24.6 Å². The minimum absolute atomic E-state index is 0.0194. The van der Waals surface area contributed by atoms with Crippen molar-refractivity contribution in [1.29, 1.82) is 0 Å². The van der Waals surface area contributed by atoms with Crippen molar-refractivity contribution in [3.8, 4) is 5.75 Å². The number of nitrogens with zero attached hydrogens (tertiary/aromatic N) is 2. The second-order valence-electron chi connectivity index (χ2n) is 7.17. The molecule has 0 aliphatic carbocycles.